The van der Waals surface area contributed by atoms with Gasteiger partial charge in [-0.1, -0.05) is 107 Å². The van der Waals surface area contributed by atoms with Crippen LogP contribution >= 0.6 is 11.3 Å². The van der Waals surface area contributed by atoms with Gasteiger partial charge >= 0.3 is 0 Å². The van der Waals surface area contributed by atoms with E-state index in [0.717, 1.165) is 25.1 Å². The summed E-state index contributed by atoms with van der Waals surface area (Å²) in [6.07, 6.45) is 17.7. The van der Waals surface area contributed by atoms with Crippen molar-refractivity contribution in [2.75, 3.05) is 19.0 Å². The number of rotatable bonds is 19. The molecule has 0 atom stereocenters. The lowest BCUT2D eigenvalue weighted by Gasteiger charge is -2.15. The fourth-order valence-corrected chi connectivity index (χ4v) is 5.17. The Kier molecular flexibility index (Phi) is 16.5. The van der Waals surface area contributed by atoms with Crippen molar-refractivity contribution in [2.45, 2.75) is 90.5 Å². The SMILES string of the molecule is CCCCCCCCCCCCCCOc1c(OC)cccc1C(=O)Nc1ccc(C[n+]2ccsc2)cc1.[Br-]. The normalized spacial score (nSPS) is 10.6. The molecule has 0 saturated heterocycles. The molecular weight excluding hydrogens is 572 g/mol. The van der Waals surface area contributed by atoms with Gasteiger partial charge in [-0.15, -0.1) is 0 Å². The number of hydrogen-bond donors (Lipinski definition) is 1. The number of unbranched alkanes of at least 4 members (excludes halogenated alkanes) is 11. The summed E-state index contributed by atoms with van der Waals surface area (Å²) in [5.74, 6) is 0.898. The summed E-state index contributed by atoms with van der Waals surface area (Å²) in [5, 5.41) is 5.06. The van der Waals surface area contributed by atoms with Gasteiger partial charge in [-0.25, -0.2) is 0 Å². The van der Waals surface area contributed by atoms with Crippen molar-refractivity contribution in [2.24, 2.45) is 0 Å². The van der Waals surface area contributed by atoms with Crippen molar-refractivity contribution in [3.8, 4) is 11.5 Å². The van der Waals surface area contributed by atoms with Crippen LogP contribution in [0.5, 0.6) is 11.5 Å². The van der Waals surface area contributed by atoms with E-state index in [9.17, 15) is 4.79 Å². The van der Waals surface area contributed by atoms with Crippen LogP contribution in [0.15, 0.2) is 59.6 Å². The second-order valence-electron chi connectivity index (χ2n) is 9.92. The third-order valence-electron chi connectivity index (χ3n) is 6.79. The number of carbonyl (C=O) groups excluding carboxylic acids is 1. The van der Waals surface area contributed by atoms with Crippen LogP contribution in [0, 0.1) is 0 Å². The number of thiazole rings is 1. The van der Waals surface area contributed by atoms with E-state index >= 15 is 0 Å². The Bertz CT molecular complexity index is 1060. The molecule has 0 bridgehead atoms. The maximum atomic E-state index is 13.1. The van der Waals surface area contributed by atoms with Gasteiger partial charge in [0.05, 0.1) is 24.7 Å². The summed E-state index contributed by atoms with van der Waals surface area (Å²) < 4.78 is 13.7. The monoisotopic (exact) mass is 616 g/mol. The van der Waals surface area contributed by atoms with Crippen molar-refractivity contribution >= 4 is 22.9 Å². The van der Waals surface area contributed by atoms with Crippen LogP contribution in [-0.2, 0) is 6.54 Å². The molecule has 214 valence electrons. The third-order valence-corrected chi connectivity index (χ3v) is 7.46. The van der Waals surface area contributed by atoms with Crippen LogP contribution in [0.2, 0.25) is 0 Å². The van der Waals surface area contributed by atoms with Crippen LogP contribution in [-0.4, -0.2) is 19.6 Å². The molecule has 1 N–H and O–H groups in total. The lowest BCUT2D eigenvalue weighted by Crippen LogP contribution is -3.00. The van der Waals surface area contributed by atoms with Gasteiger partial charge in [0, 0.05) is 11.3 Å². The molecule has 1 aromatic heterocycles. The van der Waals surface area contributed by atoms with E-state index in [1.807, 2.05) is 36.4 Å². The molecule has 2 aromatic carbocycles. The fraction of sp³-hybridized carbons (Fsp3) is 0.500. The number of nitrogens with one attached hydrogen (secondary N) is 1. The molecule has 39 heavy (non-hydrogen) atoms. The Labute approximate surface area is 249 Å². The number of methoxy groups -OCH3 is 1. The first-order valence-electron chi connectivity index (χ1n) is 14.3. The predicted molar refractivity (Wildman–Crippen MR) is 158 cm³/mol. The van der Waals surface area contributed by atoms with Gasteiger partial charge in [0.1, 0.15) is 0 Å². The van der Waals surface area contributed by atoms with E-state index in [2.05, 4.69) is 33.9 Å². The molecule has 0 aliphatic carbocycles. The second kappa shape index (κ2) is 19.6. The highest BCUT2D eigenvalue weighted by molar-refractivity contribution is 7.07. The highest BCUT2D eigenvalue weighted by Gasteiger charge is 2.17. The van der Waals surface area contributed by atoms with Crippen LogP contribution in [0.4, 0.5) is 5.69 Å². The summed E-state index contributed by atoms with van der Waals surface area (Å²) in [4.78, 5) is 13.1. The molecule has 0 aliphatic rings. The minimum Gasteiger partial charge on any atom is -1.00 e. The number of hydrogen-bond acceptors (Lipinski definition) is 4. The molecule has 0 fully saturated rings. The Morgan fingerprint density at radius 1 is 0.872 bits per heavy atom. The second-order valence-corrected chi connectivity index (χ2v) is 10.7. The van der Waals surface area contributed by atoms with Gasteiger partial charge in [-0.05, 0) is 30.7 Å². The predicted octanol–water partition coefficient (Wildman–Crippen LogP) is 5.43. The smallest absolute Gasteiger partial charge is 0.259 e. The number of ether oxygens (including phenoxy) is 2. The minimum absolute atomic E-state index is 0. The van der Waals surface area contributed by atoms with Gasteiger partial charge in [-0.2, -0.15) is 4.57 Å². The summed E-state index contributed by atoms with van der Waals surface area (Å²) in [6, 6.07) is 13.4. The van der Waals surface area contributed by atoms with Crippen molar-refractivity contribution in [1.29, 1.82) is 0 Å². The standard InChI is InChI=1S/C32H44N2O3S.BrH/c1-3-4-5-6-7-8-9-10-11-12-13-14-23-37-31-29(16-15-17-30(31)36-2)32(35)33-28-20-18-27(19-21-28)25-34-22-24-38-26-34;/h15-22,24,26H,3-14,23,25H2,1-2H3;1H. The zero-order valence-corrected chi connectivity index (χ0v) is 26.0. The summed E-state index contributed by atoms with van der Waals surface area (Å²) in [5.41, 5.74) is 4.50. The summed E-state index contributed by atoms with van der Waals surface area (Å²) in [7, 11) is 1.61. The Balaban J connectivity index is 0.00000533. The Morgan fingerprint density at radius 2 is 1.51 bits per heavy atom. The van der Waals surface area contributed by atoms with E-state index in [1.54, 1.807) is 24.5 Å². The van der Waals surface area contributed by atoms with Crippen LogP contribution in [0.3, 0.4) is 0 Å². The molecule has 1 heterocycles. The Hall–Kier alpha value is -2.38. The number of aromatic nitrogens is 1. The first kappa shape index (κ1) is 32.8. The number of amides is 1. The minimum atomic E-state index is -0.200. The quantitative estimate of drug-likeness (QED) is 0.144. The zero-order chi connectivity index (χ0) is 26.8. The largest absolute Gasteiger partial charge is 1.00 e. The van der Waals surface area contributed by atoms with Crippen molar-refractivity contribution in [3.05, 3.63) is 70.7 Å². The molecule has 0 saturated carbocycles. The van der Waals surface area contributed by atoms with Crippen molar-refractivity contribution in [3.63, 3.8) is 0 Å². The van der Waals surface area contributed by atoms with Crippen molar-refractivity contribution in [1.82, 2.24) is 0 Å². The average molecular weight is 618 g/mol. The van der Waals surface area contributed by atoms with E-state index in [1.165, 1.54) is 69.8 Å². The number of halogens is 1. The molecule has 3 aromatic rings. The lowest BCUT2D eigenvalue weighted by atomic mass is 10.1. The van der Waals surface area contributed by atoms with Crippen LogP contribution in [0.25, 0.3) is 0 Å². The molecule has 5 nitrogen and oxygen atoms in total. The van der Waals surface area contributed by atoms with Gasteiger partial charge in [0.2, 0.25) is 5.51 Å². The van der Waals surface area contributed by atoms with E-state index in [-0.39, 0.29) is 22.9 Å². The molecule has 7 heteroatoms. The maximum absolute atomic E-state index is 13.1. The topological polar surface area (TPSA) is 51.4 Å². The molecule has 0 spiro atoms. The van der Waals surface area contributed by atoms with E-state index in [0.29, 0.717) is 23.7 Å². The Morgan fingerprint density at radius 3 is 2.10 bits per heavy atom. The van der Waals surface area contributed by atoms with Gasteiger partial charge in [-0.3, -0.25) is 4.79 Å². The summed E-state index contributed by atoms with van der Waals surface area (Å²) >= 11 is 1.67. The lowest BCUT2D eigenvalue weighted by molar-refractivity contribution is -0.683. The van der Waals surface area contributed by atoms with Crippen molar-refractivity contribution < 1.29 is 35.8 Å². The number of para-hydroxylation sites is 1. The number of anilines is 1. The first-order chi connectivity index (χ1) is 18.7. The molecule has 1 amide bonds. The maximum Gasteiger partial charge on any atom is 0.259 e. The first-order valence-corrected chi connectivity index (χ1v) is 15.3. The summed E-state index contributed by atoms with van der Waals surface area (Å²) in [6.45, 7) is 3.66. The van der Waals surface area contributed by atoms with Gasteiger partial charge in [0.25, 0.3) is 5.91 Å². The number of carbonyl (C=O) groups is 1. The molecule has 0 radical (unpaired) electrons. The van der Waals surface area contributed by atoms with E-state index < -0.39 is 0 Å². The molecule has 0 aliphatic heterocycles. The molecular formula is C32H45BrN2O3S. The van der Waals surface area contributed by atoms with Gasteiger partial charge in [0.15, 0.2) is 24.2 Å². The highest BCUT2D eigenvalue weighted by Crippen LogP contribution is 2.32. The van der Waals surface area contributed by atoms with E-state index in [4.69, 9.17) is 9.47 Å². The van der Waals surface area contributed by atoms with Crippen LogP contribution < -0.4 is 36.3 Å². The number of benzene rings is 2. The fourth-order valence-electron chi connectivity index (χ4n) is 4.58. The third kappa shape index (κ3) is 12.1. The number of nitrogens with zero attached hydrogens (tertiary/aromatic N) is 1. The molecule has 0 unspecified atom stereocenters. The average Bonchev–Trinajstić information content (AvgIpc) is 3.45. The van der Waals surface area contributed by atoms with Gasteiger partial charge < -0.3 is 31.8 Å². The molecule has 3 rings (SSSR count). The zero-order valence-electron chi connectivity index (χ0n) is 23.6. The highest BCUT2D eigenvalue weighted by atomic mass is 79.9. The van der Waals surface area contributed by atoms with Crippen LogP contribution in [0.1, 0.15) is 99.9 Å².